The van der Waals surface area contributed by atoms with E-state index in [0.717, 1.165) is 5.75 Å². The summed E-state index contributed by atoms with van der Waals surface area (Å²) in [5, 5.41) is 0.0968. The van der Waals surface area contributed by atoms with Crippen LogP contribution in [0.15, 0.2) is 18.2 Å². The fourth-order valence-corrected chi connectivity index (χ4v) is 3.45. The number of hydrogen-bond donors (Lipinski definition) is 0. The van der Waals surface area contributed by atoms with Crippen LogP contribution < -0.4 is 4.74 Å². The molecular formula is C17H25ClO. The van der Waals surface area contributed by atoms with Crippen LogP contribution in [-0.4, -0.2) is 6.61 Å². The molecule has 2 heteroatoms. The maximum absolute atomic E-state index is 6.79. The summed E-state index contributed by atoms with van der Waals surface area (Å²) >= 11 is 6.79. The number of ether oxygens (including phenoxy) is 1. The van der Waals surface area contributed by atoms with Crippen LogP contribution in [0, 0.1) is 12.8 Å². The summed E-state index contributed by atoms with van der Waals surface area (Å²) < 4.78 is 5.75. The van der Waals surface area contributed by atoms with Crippen molar-refractivity contribution >= 4 is 11.6 Å². The van der Waals surface area contributed by atoms with Gasteiger partial charge in [0.1, 0.15) is 5.75 Å². The van der Waals surface area contributed by atoms with Gasteiger partial charge in [-0.05, 0) is 38.7 Å². The summed E-state index contributed by atoms with van der Waals surface area (Å²) in [5.74, 6) is 1.57. The van der Waals surface area contributed by atoms with Crippen LogP contribution >= 0.6 is 11.6 Å². The third-order valence-electron chi connectivity index (χ3n) is 4.08. The molecule has 0 heterocycles. The molecule has 0 N–H and O–H groups in total. The zero-order chi connectivity index (χ0) is 13.7. The van der Waals surface area contributed by atoms with Gasteiger partial charge in [0.05, 0.1) is 12.0 Å². The lowest BCUT2D eigenvalue weighted by atomic mass is 9.91. The first-order chi connectivity index (χ1) is 9.22. The monoisotopic (exact) mass is 280 g/mol. The largest absolute Gasteiger partial charge is 0.494 e. The third kappa shape index (κ3) is 3.89. The lowest BCUT2D eigenvalue weighted by molar-refractivity contribution is 0.331. The quantitative estimate of drug-likeness (QED) is 0.512. The lowest BCUT2D eigenvalue weighted by Gasteiger charge is -2.23. The van der Waals surface area contributed by atoms with Gasteiger partial charge < -0.3 is 4.74 Å². The highest BCUT2D eigenvalue weighted by molar-refractivity contribution is 6.21. The summed E-state index contributed by atoms with van der Waals surface area (Å²) in [4.78, 5) is 0. The van der Waals surface area contributed by atoms with E-state index in [2.05, 4.69) is 25.1 Å². The number of alkyl halides is 1. The van der Waals surface area contributed by atoms with Crippen LogP contribution in [0.25, 0.3) is 0 Å². The van der Waals surface area contributed by atoms with Crippen LogP contribution in [-0.2, 0) is 0 Å². The second-order valence-electron chi connectivity index (χ2n) is 5.63. The highest BCUT2D eigenvalue weighted by atomic mass is 35.5. The Balaban J connectivity index is 2.20. The van der Waals surface area contributed by atoms with Crippen LogP contribution in [0.1, 0.15) is 62.0 Å². The van der Waals surface area contributed by atoms with E-state index in [1.165, 1.54) is 49.7 Å². The minimum Gasteiger partial charge on any atom is -0.494 e. The molecule has 0 radical (unpaired) electrons. The van der Waals surface area contributed by atoms with Crippen molar-refractivity contribution in [2.75, 3.05) is 6.61 Å². The predicted molar refractivity (Wildman–Crippen MR) is 82.1 cm³/mol. The van der Waals surface area contributed by atoms with Crippen molar-refractivity contribution in [3.63, 3.8) is 0 Å². The zero-order valence-corrected chi connectivity index (χ0v) is 12.9. The molecule has 1 aromatic rings. The average molecular weight is 281 g/mol. The van der Waals surface area contributed by atoms with Crippen molar-refractivity contribution in [1.29, 1.82) is 0 Å². The first kappa shape index (κ1) is 14.7. The highest BCUT2D eigenvalue weighted by Crippen LogP contribution is 2.41. The molecule has 0 bridgehead atoms. The van der Waals surface area contributed by atoms with Crippen LogP contribution in [0.2, 0.25) is 0 Å². The molecule has 1 aliphatic rings. The molecule has 1 nitrogen and oxygen atoms in total. The summed E-state index contributed by atoms with van der Waals surface area (Å²) in [6.45, 7) is 4.85. The number of benzene rings is 1. The molecule has 1 fully saturated rings. The SMILES string of the molecule is CCOc1ccc(C)cc1C(Cl)C1CCCCCC1. The fourth-order valence-electron chi connectivity index (χ4n) is 3.03. The minimum atomic E-state index is 0.0968. The van der Waals surface area contributed by atoms with E-state index in [4.69, 9.17) is 16.3 Å². The van der Waals surface area contributed by atoms with E-state index in [9.17, 15) is 0 Å². The molecule has 106 valence electrons. The van der Waals surface area contributed by atoms with Gasteiger partial charge in [-0.15, -0.1) is 11.6 Å². The normalized spacial score (nSPS) is 18.9. The van der Waals surface area contributed by atoms with Crippen molar-refractivity contribution in [3.05, 3.63) is 29.3 Å². The first-order valence-corrected chi connectivity index (χ1v) is 8.03. The van der Waals surface area contributed by atoms with Gasteiger partial charge in [0.25, 0.3) is 0 Å². The Morgan fingerprint density at radius 2 is 1.89 bits per heavy atom. The average Bonchev–Trinajstić information content (AvgIpc) is 2.69. The van der Waals surface area contributed by atoms with Gasteiger partial charge in [-0.1, -0.05) is 43.4 Å². The van der Waals surface area contributed by atoms with Crippen LogP contribution in [0.5, 0.6) is 5.75 Å². The van der Waals surface area contributed by atoms with Gasteiger partial charge in [-0.25, -0.2) is 0 Å². The smallest absolute Gasteiger partial charge is 0.123 e. The Kier molecular flexibility index (Phi) is 5.57. The van der Waals surface area contributed by atoms with Crippen molar-refractivity contribution in [3.8, 4) is 5.75 Å². The van der Waals surface area contributed by atoms with Crippen molar-refractivity contribution in [2.24, 2.45) is 5.92 Å². The van der Waals surface area contributed by atoms with Gasteiger partial charge in [0.15, 0.2) is 0 Å². The highest BCUT2D eigenvalue weighted by Gasteiger charge is 2.24. The Bertz CT molecular complexity index is 394. The maximum atomic E-state index is 6.79. The summed E-state index contributed by atoms with van der Waals surface area (Å²) in [6, 6.07) is 6.37. The molecule has 0 spiro atoms. The van der Waals surface area contributed by atoms with Gasteiger partial charge in [0, 0.05) is 5.56 Å². The Morgan fingerprint density at radius 3 is 2.53 bits per heavy atom. The Hall–Kier alpha value is -0.690. The number of rotatable bonds is 4. The molecule has 1 saturated carbocycles. The van der Waals surface area contributed by atoms with E-state index >= 15 is 0 Å². The maximum Gasteiger partial charge on any atom is 0.123 e. The van der Waals surface area contributed by atoms with Crippen LogP contribution in [0.3, 0.4) is 0 Å². The predicted octanol–water partition coefficient (Wildman–Crippen LogP) is 5.64. The van der Waals surface area contributed by atoms with E-state index in [1.807, 2.05) is 6.92 Å². The van der Waals surface area contributed by atoms with E-state index in [0.29, 0.717) is 12.5 Å². The number of aryl methyl sites for hydroxylation is 1. The molecule has 1 aliphatic carbocycles. The molecule has 1 aromatic carbocycles. The molecule has 19 heavy (non-hydrogen) atoms. The first-order valence-electron chi connectivity index (χ1n) is 7.59. The Labute approximate surface area is 122 Å². The fraction of sp³-hybridized carbons (Fsp3) is 0.647. The third-order valence-corrected chi connectivity index (χ3v) is 4.67. The van der Waals surface area contributed by atoms with Gasteiger partial charge >= 0.3 is 0 Å². The minimum absolute atomic E-state index is 0.0968. The molecule has 1 unspecified atom stereocenters. The molecule has 0 saturated heterocycles. The standard InChI is InChI=1S/C17H25ClO/c1-3-19-16-11-10-13(2)12-15(16)17(18)14-8-6-4-5-7-9-14/h10-12,14,17H,3-9H2,1-2H3. The second-order valence-corrected chi connectivity index (χ2v) is 6.10. The van der Waals surface area contributed by atoms with Gasteiger partial charge in [-0.3, -0.25) is 0 Å². The van der Waals surface area contributed by atoms with Crippen LogP contribution in [0.4, 0.5) is 0 Å². The lowest BCUT2D eigenvalue weighted by Crippen LogP contribution is -2.09. The van der Waals surface area contributed by atoms with Crippen molar-refractivity contribution < 1.29 is 4.74 Å². The second kappa shape index (κ2) is 7.19. The number of halogens is 1. The summed E-state index contributed by atoms with van der Waals surface area (Å²) in [7, 11) is 0. The Morgan fingerprint density at radius 1 is 1.21 bits per heavy atom. The topological polar surface area (TPSA) is 9.23 Å². The van der Waals surface area contributed by atoms with E-state index in [-0.39, 0.29) is 5.38 Å². The van der Waals surface area contributed by atoms with Gasteiger partial charge in [0.2, 0.25) is 0 Å². The summed E-state index contributed by atoms with van der Waals surface area (Å²) in [5.41, 5.74) is 2.45. The van der Waals surface area contributed by atoms with E-state index in [1.54, 1.807) is 0 Å². The molecule has 2 rings (SSSR count). The molecular weight excluding hydrogens is 256 g/mol. The molecule has 0 aliphatic heterocycles. The van der Waals surface area contributed by atoms with Gasteiger partial charge in [-0.2, -0.15) is 0 Å². The van der Waals surface area contributed by atoms with Crippen molar-refractivity contribution in [1.82, 2.24) is 0 Å². The summed E-state index contributed by atoms with van der Waals surface area (Å²) in [6.07, 6.45) is 7.90. The zero-order valence-electron chi connectivity index (χ0n) is 12.1. The van der Waals surface area contributed by atoms with Crippen molar-refractivity contribution in [2.45, 2.75) is 57.7 Å². The molecule has 0 aromatic heterocycles. The molecule has 0 amide bonds. The van der Waals surface area contributed by atoms with E-state index < -0.39 is 0 Å². The number of hydrogen-bond acceptors (Lipinski definition) is 1. The molecule has 1 atom stereocenters.